The number of allylic oxidation sites excluding steroid dienone is 2. The molecule has 1 heteroatoms. The Labute approximate surface area is 106 Å². The topological polar surface area (TPSA) is 17.1 Å². The van der Waals surface area contributed by atoms with Crippen molar-refractivity contribution in [3.05, 3.63) is 76.9 Å². The summed E-state index contributed by atoms with van der Waals surface area (Å²) in [6, 6.07) is 15.9. The Kier molecular flexibility index (Phi) is 2.66. The zero-order valence-corrected chi connectivity index (χ0v) is 9.84. The highest BCUT2D eigenvalue weighted by molar-refractivity contribution is 5.97. The third-order valence-electron chi connectivity index (χ3n) is 3.11. The first-order valence-corrected chi connectivity index (χ1v) is 5.91. The van der Waals surface area contributed by atoms with Crippen molar-refractivity contribution in [2.24, 2.45) is 0 Å². The summed E-state index contributed by atoms with van der Waals surface area (Å²) in [7, 11) is 0. The lowest BCUT2D eigenvalue weighted by Gasteiger charge is -2.01. The van der Waals surface area contributed by atoms with Gasteiger partial charge in [-0.05, 0) is 28.3 Å². The van der Waals surface area contributed by atoms with Crippen molar-refractivity contribution in [1.29, 1.82) is 0 Å². The molecule has 0 N–H and O–H groups in total. The maximum atomic E-state index is 10.6. The normalized spacial score (nSPS) is 14.8. The molecule has 0 aromatic heterocycles. The fourth-order valence-electron chi connectivity index (χ4n) is 2.15. The third kappa shape index (κ3) is 1.91. The molecule has 0 amide bonds. The fraction of sp³-hybridized carbons (Fsp3) is 0. The van der Waals surface area contributed by atoms with Crippen LogP contribution in [0.15, 0.2) is 54.6 Å². The minimum atomic E-state index is 0.708. The minimum absolute atomic E-state index is 0.708. The summed E-state index contributed by atoms with van der Waals surface area (Å²) in [6.07, 6.45) is 7.25. The van der Waals surface area contributed by atoms with Crippen molar-refractivity contribution in [2.45, 2.75) is 0 Å². The molecule has 0 heterocycles. The molecule has 0 saturated heterocycles. The number of rotatable bonds is 2. The van der Waals surface area contributed by atoms with Gasteiger partial charge < -0.3 is 0 Å². The third-order valence-corrected chi connectivity index (χ3v) is 3.11. The molecule has 0 radical (unpaired) electrons. The van der Waals surface area contributed by atoms with Gasteiger partial charge >= 0.3 is 0 Å². The second-order valence-electron chi connectivity index (χ2n) is 4.30. The molecule has 86 valence electrons. The average Bonchev–Trinajstić information content (AvgIpc) is 2.83. The lowest BCUT2D eigenvalue weighted by atomic mass is 10.0. The van der Waals surface area contributed by atoms with Crippen molar-refractivity contribution in [1.82, 2.24) is 0 Å². The molecule has 0 saturated carbocycles. The lowest BCUT2D eigenvalue weighted by molar-refractivity contribution is 0.112. The second-order valence-corrected chi connectivity index (χ2v) is 4.30. The van der Waals surface area contributed by atoms with E-state index in [2.05, 4.69) is 36.4 Å². The second kappa shape index (κ2) is 4.46. The van der Waals surface area contributed by atoms with Crippen LogP contribution in [0.4, 0.5) is 0 Å². The summed E-state index contributed by atoms with van der Waals surface area (Å²) in [6.45, 7) is 0. The minimum Gasteiger partial charge on any atom is -0.298 e. The Bertz CT molecular complexity index is 646. The quantitative estimate of drug-likeness (QED) is 0.713. The molecule has 0 spiro atoms. The molecule has 0 fully saturated rings. The van der Waals surface area contributed by atoms with Gasteiger partial charge in [-0.3, -0.25) is 4.79 Å². The molecule has 0 bridgehead atoms. The molecular weight excluding hydrogens is 220 g/mol. The number of hydrogen-bond acceptors (Lipinski definition) is 1. The molecule has 0 aliphatic heterocycles. The number of aldehydes is 1. The van der Waals surface area contributed by atoms with Crippen molar-refractivity contribution in [3.63, 3.8) is 0 Å². The number of fused-ring (bicyclic) bond motifs is 1. The van der Waals surface area contributed by atoms with Gasteiger partial charge in [-0.25, -0.2) is 0 Å². The number of carbonyl (C=O) groups excluding carboxylic acids is 1. The highest BCUT2D eigenvalue weighted by Crippen LogP contribution is 2.30. The van der Waals surface area contributed by atoms with Gasteiger partial charge in [0, 0.05) is 5.56 Å². The fourth-order valence-corrected chi connectivity index (χ4v) is 2.15. The van der Waals surface area contributed by atoms with E-state index in [1.54, 1.807) is 0 Å². The Hall–Kier alpha value is -2.41. The number of benzene rings is 2. The zero-order valence-electron chi connectivity index (χ0n) is 9.84. The summed E-state index contributed by atoms with van der Waals surface area (Å²) in [5.41, 5.74) is 5.55. The van der Waals surface area contributed by atoms with Crippen LogP contribution < -0.4 is 0 Å². The van der Waals surface area contributed by atoms with Gasteiger partial charge in [-0.15, -0.1) is 0 Å². The van der Waals surface area contributed by atoms with Crippen LogP contribution in [0.1, 0.15) is 27.0 Å². The van der Waals surface area contributed by atoms with Crippen molar-refractivity contribution in [2.75, 3.05) is 0 Å². The Morgan fingerprint density at radius 3 is 2.28 bits per heavy atom. The first-order valence-electron chi connectivity index (χ1n) is 5.91. The van der Waals surface area contributed by atoms with E-state index < -0.39 is 0 Å². The van der Waals surface area contributed by atoms with E-state index in [0.717, 1.165) is 11.8 Å². The van der Waals surface area contributed by atoms with E-state index in [1.807, 2.05) is 30.3 Å². The molecular formula is C17H12O. The molecule has 18 heavy (non-hydrogen) atoms. The van der Waals surface area contributed by atoms with Crippen LogP contribution in [0.3, 0.4) is 0 Å². The van der Waals surface area contributed by atoms with Crippen LogP contribution >= 0.6 is 0 Å². The Balaban J connectivity index is 1.98. The lowest BCUT2D eigenvalue weighted by Crippen LogP contribution is -1.82. The maximum absolute atomic E-state index is 10.6. The summed E-state index contributed by atoms with van der Waals surface area (Å²) in [5.74, 6) is 0. The van der Waals surface area contributed by atoms with Crippen molar-refractivity contribution in [3.8, 4) is 0 Å². The van der Waals surface area contributed by atoms with Crippen LogP contribution in [-0.2, 0) is 0 Å². The smallest absolute Gasteiger partial charge is 0.150 e. The van der Waals surface area contributed by atoms with E-state index in [-0.39, 0.29) is 0 Å². The average molecular weight is 232 g/mol. The van der Waals surface area contributed by atoms with Gasteiger partial charge in [0.1, 0.15) is 6.29 Å². The summed E-state index contributed by atoms with van der Waals surface area (Å²) < 4.78 is 0. The van der Waals surface area contributed by atoms with Crippen LogP contribution in [0.25, 0.3) is 17.7 Å². The molecule has 2 aromatic rings. The predicted molar refractivity (Wildman–Crippen MR) is 75.2 cm³/mol. The highest BCUT2D eigenvalue weighted by Gasteiger charge is 2.08. The van der Waals surface area contributed by atoms with Gasteiger partial charge in [-0.2, -0.15) is 0 Å². The van der Waals surface area contributed by atoms with Crippen LogP contribution in [0, 0.1) is 0 Å². The SMILES string of the molecule is O=Cc1ccc(/C=C2/C=Cc3ccccc32)cc1. The van der Waals surface area contributed by atoms with E-state index in [1.165, 1.54) is 16.7 Å². The van der Waals surface area contributed by atoms with Crippen molar-refractivity contribution < 1.29 is 4.79 Å². The van der Waals surface area contributed by atoms with Crippen LogP contribution in [0.2, 0.25) is 0 Å². The number of hydrogen-bond donors (Lipinski definition) is 0. The van der Waals surface area contributed by atoms with Gasteiger partial charge in [0.05, 0.1) is 0 Å². The predicted octanol–water partition coefficient (Wildman–Crippen LogP) is 4.07. The van der Waals surface area contributed by atoms with E-state index in [4.69, 9.17) is 0 Å². The zero-order chi connectivity index (χ0) is 12.4. The molecule has 2 aromatic carbocycles. The van der Waals surface area contributed by atoms with E-state index >= 15 is 0 Å². The van der Waals surface area contributed by atoms with E-state index in [9.17, 15) is 4.79 Å². The summed E-state index contributed by atoms with van der Waals surface area (Å²) in [5, 5.41) is 0. The maximum Gasteiger partial charge on any atom is 0.150 e. The molecule has 1 nitrogen and oxygen atoms in total. The van der Waals surface area contributed by atoms with Crippen molar-refractivity contribution >= 4 is 24.0 Å². The number of carbonyl (C=O) groups is 1. The van der Waals surface area contributed by atoms with Gasteiger partial charge in [-0.1, -0.05) is 60.7 Å². The summed E-state index contributed by atoms with van der Waals surface area (Å²) >= 11 is 0. The first-order chi connectivity index (χ1) is 8.86. The van der Waals surface area contributed by atoms with Gasteiger partial charge in [0.15, 0.2) is 0 Å². The molecule has 0 atom stereocenters. The van der Waals surface area contributed by atoms with Crippen LogP contribution in [0.5, 0.6) is 0 Å². The standard InChI is InChI=1S/C17H12O/c18-12-14-7-5-13(6-8-14)11-16-10-9-15-3-1-2-4-17(15)16/h1-12H/b16-11-. The Morgan fingerprint density at radius 2 is 1.50 bits per heavy atom. The highest BCUT2D eigenvalue weighted by atomic mass is 16.1. The molecule has 1 aliphatic rings. The van der Waals surface area contributed by atoms with E-state index in [0.29, 0.717) is 5.56 Å². The monoisotopic (exact) mass is 232 g/mol. The first kappa shape index (κ1) is 10.7. The largest absolute Gasteiger partial charge is 0.298 e. The van der Waals surface area contributed by atoms with Gasteiger partial charge in [0.2, 0.25) is 0 Å². The summed E-state index contributed by atoms with van der Waals surface area (Å²) in [4.78, 5) is 10.6. The molecule has 0 unspecified atom stereocenters. The van der Waals surface area contributed by atoms with Crippen LogP contribution in [-0.4, -0.2) is 6.29 Å². The molecule has 3 rings (SSSR count). The Morgan fingerprint density at radius 1 is 0.778 bits per heavy atom. The molecule has 1 aliphatic carbocycles. The van der Waals surface area contributed by atoms with Gasteiger partial charge in [0.25, 0.3) is 0 Å².